The molecule has 0 bridgehead atoms. The molecule has 6 nitrogen and oxygen atoms in total. The van der Waals surface area contributed by atoms with Crippen LogP contribution in [0.15, 0.2) is 83.8 Å². The van der Waals surface area contributed by atoms with Gasteiger partial charge in [0, 0.05) is 43.3 Å². The van der Waals surface area contributed by atoms with Crippen molar-refractivity contribution in [3.63, 3.8) is 0 Å². The van der Waals surface area contributed by atoms with E-state index in [0.717, 1.165) is 12.1 Å². The number of carbonyl (C=O) groups is 1. The number of halogens is 1. The molecule has 1 amide bonds. The van der Waals surface area contributed by atoms with Crippen LogP contribution in [0, 0.1) is 0 Å². The first-order valence-corrected chi connectivity index (χ1v) is 13.1. The SMILES string of the molecule is C[C@H](NC(=O)c1cccc(S(=O)(=O)N2CCN(Cc3ccccc3)CC2)c1)c1ccc(Cl)cc1. The highest BCUT2D eigenvalue weighted by molar-refractivity contribution is 7.89. The Morgan fingerprint density at radius 2 is 1.62 bits per heavy atom. The van der Waals surface area contributed by atoms with Crippen molar-refractivity contribution in [3.8, 4) is 0 Å². The predicted octanol–water partition coefficient (Wildman–Crippen LogP) is 4.34. The second-order valence-corrected chi connectivity index (χ2v) is 10.8. The molecule has 1 saturated heterocycles. The zero-order valence-corrected chi connectivity index (χ0v) is 20.6. The van der Waals surface area contributed by atoms with Crippen LogP contribution in [-0.4, -0.2) is 49.7 Å². The normalized spacial score (nSPS) is 16.2. The zero-order chi connectivity index (χ0) is 24.1. The van der Waals surface area contributed by atoms with Gasteiger partial charge in [-0.05, 0) is 48.4 Å². The van der Waals surface area contributed by atoms with Crippen LogP contribution < -0.4 is 5.32 Å². The van der Waals surface area contributed by atoms with E-state index in [0.29, 0.717) is 36.8 Å². The van der Waals surface area contributed by atoms with Gasteiger partial charge in [-0.2, -0.15) is 4.31 Å². The first-order valence-electron chi connectivity index (χ1n) is 11.3. The second kappa shape index (κ2) is 10.7. The molecule has 0 unspecified atom stereocenters. The molecule has 1 atom stereocenters. The molecule has 1 fully saturated rings. The van der Waals surface area contributed by atoms with E-state index in [9.17, 15) is 13.2 Å². The predicted molar refractivity (Wildman–Crippen MR) is 134 cm³/mol. The number of carbonyl (C=O) groups excluding carboxylic acids is 1. The van der Waals surface area contributed by atoms with Gasteiger partial charge in [0.25, 0.3) is 5.91 Å². The van der Waals surface area contributed by atoms with Crippen molar-refractivity contribution in [1.29, 1.82) is 0 Å². The molecule has 1 N–H and O–H groups in total. The smallest absolute Gasteiger partial charge is 0.251 e. The third-order valence-corrected chi connectivity index (χ3v) is 8.18. The minimum atomic E-state index is -3.69. The molecular formula is C26H28ClN3O3S. The molecule has 0 radical (unpaired) electrons. The number of hydrogen-bond acceptors (Lipinski definition) is 4. The Kier molecular flexibility index (Phi) is 7.68. The van der Waals surface area contributed by atoms with Gasteiger partial charge < -0.3 is 5.32 Å². The van der Waals surface area contributed by atoms with Gasteiger partial charge in [0.05, 0.1) is 10.9 Å². The first kappa shape index (κ1) is 24.4. The molecule has 8 heteroatoms. The van der Waals surface area contributed by atoms with E-state index >= 15 is 0 Å². The number of rotatable bonds is 7. The minimum absolute atomic E-state index is 0.135. The summed E-state index contributed by atoms with van der Waals surface area (Å²) in [6, 6.07) is 23.4. The van der Waals surface area contributed by atoms with Gasteiger partial charge in [0.15, 0.2) is 0 Å². The lowest BCUT2D eigenvalue weighted by atomic mass is 10.1. The van der Waals surface area contributed by atoms with Crippen LogP contribution in [-0.2, 0) is 16.6 Å². The molecule has 34 heavy (non-hydrogen) atoms. The maximum atomic E-state index is 13.3. The molecule has 0 aromatic heterocycles. The van der Waals surface area contributed by atoms with Crippen LogP contribution in [0.3, 0.4) is 0 Å². The van der Waals surface area contributed by atoms with E-state index in [-0.39, 0.29) is 16.8 Å². The van der Waals surface area contributed by atoms with Crippen molar-refractivity contribution in [2.45, 2.75) is 24.4 Å². The molecule has 178 valence electrons. The van der Waals surface area contributed by atoms with Gasteiger partial charge in [-0.1, -0.05) is 60.1 Å². The maximum absolute atomic E-state index is 13.3. The van der Waals surface area contributed by atoms with Crippen LogP contribution in [0.4, 0.5) is 0 Å². The van der Waals surface area contributed by atoms with Gasteiger partial charge in [-0.3, -0.25) is 9.69 Å². The number of piperazine rings is 1. The highest BCUT2D eigenvalue weighted by atomic mass is 35.5. The Labute approximate surface area is 206 Å². The quantitative estimate of drug-likeness (QED) is 0.527. The summed E-state index contributed by atoms with van der Waals surface area (Å²) in [6.45, 7) is 4.82. The Balaban J connectivity index is 1.40. The molecular weight excluding hydrogens is 470 g/mol. The van der Waals surface area contributed by atoms with Crippen molar-refractivity contribution < 1.29 is 13.2 Å². The lowest BCUT2D eigenvalue weighted by molar-refractivity contribution is 0.0939. The number of sulfonamides is 1. The summed E-state index contributed by atoms with van der Waals surface area (Å²) in [7, 11) is -3.69. The van der Waals surface area contributed by atoms with E-state index in [1.807, 2.05) is 37.3 Å². The summed E-state index contributed by atoms with van der Waals surface area (Å²) in [5.41, 5.74) is 2.44. The Morgan fingerprint density at radius 3 is 2.29 bits per heavy atom. The van der Waals surface area contributed by atoms with E-state index in [1.54, 1.807) is 30.3 Å². The Hall–Kier alpha value is -2.71. The van der Waals surface area contributed by atoms with Crippen molar-refractivity contribution in [1.82, 2.24) is 14.5 Å². The molecule has 3 aromatic carbocycles. The zero-order valence-electron chi connectivity index (χ0n) is 19.0. The summed E-state index contributed by atoms with van der Waals surface area (Å²) in [5, 5.41) is 3.55. The molecule has 4 rings (SSSR count). The molecule has 0 aliphatic carbocycles. The van der Waals surface area contributed by atoms with Gasteiger partial charge in [-0.15, -0.1) is 0 Å². The first-order chi connectivity index (χ1) is 16.3. The van der Waals surface area contributed by atoms with E-state index < -0.39 is 10.0 Å². The number of hydrogen-bond donors (Lipinski definition) is 1. The Bertz CT molecular complexity index is 1230. The number of benzene rings is 3. The van der Waals surface area contributed by atoms with Gasteiger partial charge in [0.2, 0.25) is 10.0 Å². The average molecular weight is 498 g/mol. The monoisotopic (exact) mass is 497 g/mol. The minimum Gasteiger partial charge on any atom is -0.346 e. The van der Waals surface area contributed by atoms with Crippen molar-refractivity contribution >= 4 is 27.5 Å². The fourth-order valence-corrected chi connectivity index (χ4v) is 5.63. The third kappa shape index (κ3) is 5.85. The van der Waals surface area contributed by atoms with Gasteiger partial charge in [-0.25, -0.2) is 8.42 Å². The van der Waals surface area contributed by atoms with Crippen LogP contribution in [0.5, 0.6) is 0 Å². The van der Waals surface area contributed by atoms with Crippen LogP contribution in [0.1, 0.15) is 34.5 Å². The summed E-state index contributed by atoms with van der Waals surface area (Å²) in [6.07, 6.45) is 0. The van der Waals surface area contributed by atoms with Crippen LogP contribution in [0.25, 0.3) is 0 Å². The van der Waals surface area contributed by atoms with Crippen LogP contribution in [0.2, 0.25) is 5.02 Å². The second-order valence-electron chi connectivity index (χ2n) is 8.44. The van der Waals surface area contributed by atoms with E-state index in [2.05, 4.69) is 22.3 Å². The van der Waals surface area contributed by atoms with Crippen LogP contribution >= 0.6 is 11.6 Å². The summed E-state index contributed by atoms with van der Waals surface area (Å²) >= 11 is 5.94. The largest absolute Gasteiger partial charge is 0.346 e. The topological polar surface area (TPSA) is 69.7 Å². The fourth-order valence-electron chi connectivity index (χ4n) is 4.03. The lowest BCUT2D eigenvalue weighted by Gasteiger charge is -2.34. The fraction of sp³-hybridized carbons (Fsp3) is 0.269. The molecule has 0 spiro atoms. The maximum Gasteiger partial charge on any atom is 0.251 e. The Morgan fingerprint density at radius 1 is 0.941 bits per heavy atom. The van der Waals surface area contributed by atoms with E-state index in [4.69, 9.17) is 11.6 Å². The average Bonchev–Trinajstić information content (AvgIpc) is 2.85. The number of amides is 1. The highest BCUT2D eigenvalue weighted by Crippen LogP contribution is 2.21. The number of nitrogens with one attached hydrogen (secondary N) is 1. The van der Waals surface area contributed by atoms with Gasteiger partial charge in [0.1, 0.15) is 0 Å². The van der Waals surface area contributed by atoms with Crippen molar-refractivity contribution in [3.05, 3.63) is 101 Å². The standard InChI is InChI=1S/C26H28ClN3O3S/c1-20(22-10-12-24(27)13-11-22)28-26(31)23-8-5-9-25(18-23)34(32,33)30-16-14-29(15-17-30)19-21-6-3-2-4-7-21/h2-13,18,20H,14-17,19H2,1H3,(H,28,31)/t20-/m0/s1. The van der Waals surface area contributed by atoms with Crippen molar-refractivity contribution in [2.75, 3.05) is 26.2 Å². The summed E-state index contributed by atoms with van der Waals surface area (Å²) < 4.78 is 28.0. The number of nitrogens with zero attached hydrogens (tertiary/aromatic N) is 2. The van der Waals surface area contributed by atoms with Crippen molar-refractivity contribution in [2.24, 2.45) is 0 Å². The molecule has 1 aliphatic heterocycles. The molecule has 3 aromatic rings. The molecule has 1 aliphatic rings. The van der Waals surface area contributed by atoms with E-state index in [1.165, 1.54) is 15.9 Å². The molecule has 1 heterocycles. The lowest BCUT2D eigenvalue weighted by Crippen LogP contribution is -2.48. The summed E-state index contributed by atoms with van der Waals surface area (Å²) in [5.74, 6) is -0.327. The summed E-state index contributed by atoms with van der Waals surface area (Å²) in [4.78, 5) is 15.2. The van der Waals surface area contributed by atoms with Gasteiger partial charge >= 0.3 is 0 Å². The third-order valence-electron chi connectivity index (χ3n) is 6.03. The highest BCUT2D eigenvalue weighted by Gasteiger charge is 2.29. The molecule has 0 saturated carbocycles.